The molecule has 1 aromatic carbocycles. The highest BCUT2D eigenvalue weighted by atomic mass is 16.3. The number of nitrogens with zero attached hydrogens (tertiary/aromatic N) is 2. The summed E-state index contributed by atoms with van der Waals surface area (Å²) in [6, 6.07) is 14.0. The van der Waals surface area contributed by atoms with Crippen molar-refractivity contribution >= 4 is 5.65 Å². The summed E-state index contributed by atoms with van der Waals surface area (Å²) in [5, 5.41) is 13.0. The number of rotatable bonds is 5. The number of aliphatic hydroxyl groups is 1. The lowest BCUT2D eigenvalue weighted by Gasteiger charge is -2.16. The van der Waals surface area contributed by atoms with Crippen molar-refractivity contribution in [2.45, 2.75) is 19.5 Å². The molecule has 0 spiro atoms. The van der Waals surface area contributed by atoms with Crippen LogP contribution in [0.3, 0.4) is 0 Å². The number of fused-ring (bicyclic) bond motifs is 1. The molecule has 0 aliphatic heterocycles. The first kappa shape index (κ1) is 13.8. The molecule has 0 amide bonds. The van der Waals surface area contributed by atoms with E-state index in [4.69, 9.17) is 0 Å². The van der Waals surface area contributed by atoms with Gasteiger partial charge in [0.15, 0.2) is 0 Å². The van der Waals surface area contributed by atoms with E-state index in [1.807, 2.05) is 42.7 Å². The second-order valence-electron chi connectivity index (χ2n) is 5.21. The van der Waals surface area contributed by atoms with Crippen molar-refractivity contribution in [2.75, 3.05) is 6.61 Å². The molecule has 0 saturated carbocycles. The van der Waals surface area contributed by atoms with Crippen LogP contribution in [0, 0.1) is 6.92 Å². The van der Waals surface area contributed by atoms with E-state index in [1.54, 1.807) is 0 Å². The van der Waals surface area contributed by atoms with Crippen molar-refractivity contribution in [1.29, 1.82) is 0 Å². The Balaban J connectivity index is 1.76. The summed E-state index contributed by atoms with van der Waals surface area (Å²) in [7, 11) is 0. The number of hydrogen-bond acceptors (Lipinski definition) is 3. The van der Waals surface area contributed by atoms with Crippen molar-refractivity contribution in [1.82, 2.24) is 14.7 Å². The van der Waals surface area contributed by atoms with Crippen LogP contribution in [0.5, 0.6) is 0 Å². The summed E-state index contributed by atoms with van der Waals surface area (Å²) in [5.41, 5.74) is 4.32. The molecule has 1 atom stereocenters. The van der Waals surface area contributed by atoms with Crippen LogP contribution in [0.25, 0.3) is 5.65 Å². The van der Waals surface area contributed by atoms with Gasteiger partial charge in [0.05, 0.1) is 24.5 Å². The Morgan fingerprint density at radius 3 is 2.81 bits per heavy atom. The Hall–Kier alpha value is -2.17. The van der Waals surface area contributed by atoms with Gasteiger partial charge in [-0.2, -0.15) is 0 Å². The second-order valence-corrected chi connectivity index (χ2v) is 5.21. The SMILES string of the molecule is Cc1ccn2c(CNC(CO)c3ccccc3)cnc2c1. The number of aliphatic hydroxyl groups excluding tert-OH is 1. The number of aromatic nitrogens is 2. The quantitative estimate of drug-likeness (QED) is 0.755. The average Bonchev–Trinajstić information content (AvgIpc) is 2.91. The Kier molecular flexibility index (Phi) is 3.99. The minimum Gasteiger partial charge on any atom is -0.394 e. The molecule has 3 rings (SSSR count). The Morgan fingerprint density at radius 2 is 2.05 bits per heavy atom. The summed E-state index contributed by atoms with van der Waals surface area (Å²) >= 11 is 0. The van der Waals surface area contributed by atoms with Crippen LogP contribution >= 0.6 is 0 Å². The van der Waals surface area contributed by atoms with Crippen LogP contribution < -0.4 is 5.32 Å². The van der Waals surface area contributed by atoms with Crippen molar-refractivity contribution in [2.24, 2.45) is 0 Å². The van der Waals surface area contributed by atoms with Crippen molar-refractivity contribution in [3.05, 3.63) is 71.7 Å². The minimum absolute atomic E-state index is 0.0674. The van der Waals surface area contributed by atoms with Crippen molar-refractivity contribution in [3.8, 4) is 0 Å². The zero-order valence-corrected chi connectivity index (χ0v) is 12.0. The number of aryl methyl sites for hydroxylation is 1. The van der Waals surface area contributed by atoms with Crippen molar-refractivity contribution in [3.63, 3.8) is 0 Å². The number of nitrogens with one attached hydrogen (secondary N) is 1. The Bertz CT molecular complexity index is 721. The molecule has 3 aromatic rings. The highest BCUT2D eigenvalue weighted by Crippen LogP contribution is 2.14. The van der Waals surface area contributed by atoms with E-state index in [-0.39, 0.29) is 12.6 Å². The molecule has 1 unspecified atom stereocenters. The summed E-state index contributed by atoms with van der Waals surface area (Å²) in [6.45, 7) is 2.79. The maximum atomic E-state index is 9.57. The highest BCUT2D eigenvalue weighted by molar-refractivity contribution is 5.42. The molecule has 4 nitrogen and oxygen atoms in total. The van der Waals surface area contributed by atoms with E-state index >= 15 is 0 Å². The molecular weight excluding hydrogens is 262 g/mol. The first-order valence-electron chi connectivity index (χ1n) is 7.09. The normalized spacial score (nSPS) is 12.7. The number of hydrogen-bond donors (Lipinski definition) is 2. The first-order valence-corrected chi connectivity index (χ1v) is 7.09. The Morgan fingerprint density at radius 1 is 1.24 bits per heavy atom. The van der Waals surface area contributed by atoms with E-state index in [9.17, 15) is 5.11 Å². The summed E-state index contributed by atoms with van der Waals surface area (Å²) < 4.78 is 2.07. The summed E-state index contributed by atoms with van der Waals surface area (Å²) in [5.74, 6) is 0. The molecule has 2 N–H and O–H groups in total. The second kappa shape index (κ2) is 6.08. The van der Waals surface area contributed by atoms with Gasteiger partial charge in [-0.25, -0.2) is 4.98 Å². The fraction of sp³-hybridized carbons (Fsp3) is 0.235. The van der Waals surface area contributed by atoms with Crippen LogP contribution in [0.4, 0.5) is 0 Å². The molecule has 0 aliphatic rings. The van der Waals surface area contributed by atoms with Gasteiger partial charge in [-0.3, -0.25) is 0 Å². The predicted molar refractivity (Wildman–Crippen MR) is 83.0 cm³/mol. The van der Waals surface area contributed by atoms with Gasteiger partial charge in [0.2, 0.25) is 0 Å². The lowest BCUT2D eigenvalue weighted by Crippen LogP contribution is -2.24. The van der Waals surface area contributed by atoms with Gasteiger partial charge in [-0.1, -0.05) is 30.3 Å². The third-order valence-electron chi connectivity index (χ3n) is 3.66. The lowest BCUT2D eigenvalue weighted by molar-refractivity contribution is 0.243. The van der Waals surface area contributed by atoms with E-state index in [1.165, 1.54) is 5.56 Å². The number of benzene rings is 1. The third kappa shape index (κ3) is 2.96. The van der Waals surface area contributed by atoms with E-state index in [0.717, 1.165) is 16.9 Å². The maximum Gasteiger partial charge on any atom is 0.137 e. The molecule has 2 aromatic heterocycles. The van der Waals surface area contributed by atoms with Crippen LogP contribution in [0.1, 0.15) is 22.9 Å². The molecule has 0 fully saturated rings. The topological polar surface area (TPSA) is 49.6 Å². The first-order chi connectivity index (χ1) is 10.3. The largest absolute Gasteiger partial charge is 0.394 e. The molecule has 0 bridgehead atoms. The zero-order chi connectivity index (χ0) is 14.7. The molecule has 108 valence electrons. The van der Waals surface area contributed by atoms with Crippen LogP contribution in [-0.2, 0) is 6.54 Å². The molecule has 0 aliphatic carbocycles. The number of pyridine rings is 1. The van der Waals surface area contributed by atoms with Gasteiger partial charge in [-0.05, 0) is 30.2 Å². The van der Waals surface area contributed by atoms with Gasteiger partial charge in [0.25, 0.3) is 0 Å². The Labute approximate surface area is 124 Å². The smallest absolute Gasteiger partial charge is 0.137 e. The van der Waals surface area contributed by atoms with E-state index in [0.29, 0.717) is 6.54 Å². The summed E-state index contributed by atoms with van der Waals surface area (Å²) in [6.07, 6.45) is 3.91. The molecule has 4 heteroatoms. The van der Waals surface area contributed by atoms with Crippen LogP contribution in [0.2, 0.25) is 0 Å². The van der Waals surface area contributed by atoms with Crippen LogP contribution in [-0.4, -0.2) is 21.1 Å². The minimum atomic E-state index is -0.0674. The molecule has 21 heavy (non-hydrogen) atoms. The fourth-order valence-electron chi connectivity index (χ4n) is 2.47. The molecule has 0 radical (unpaired) electrons. The van der Waals surface area contributed by atoms with Crippen LogP contribution in [0.15, 0.2) is 54.9 Å². The predicted octanol–water partition coefficient (Wildman–Crippen LogP) is 2.47. The van der Waals surface area contributed by atoms with Gasteiger partial charge < -0.3 is 14.8 Å². The number of imidazole rings is 1. The molecule has 2 heterocycles. The maximum absolute atomic E-state index is 9.57. The van der Waals surface area contributed by atoms with Gasteiger partial charge in [0, 0.05) is 12.7 Å². The van der Waals surface area contributed by atoms with E-state index < -0.39 is 0 Å². The summed E-state index contributed by atoms with van der Waals surface area (Å²) in [4.78, 5) is 4.42. The van der Waals surface area contributed by atoms with Gasteiger partial charge >= 0.3 is 0 Å². The monoisotopic (exact) mass is 281 g/mol. The highest BCUT2D eigenvalue weighted by Gasteiger charge is 2.10. The lowest BCUT2D eigenvalue weighted by atomic mass is 10.1. The fourth-order valence-corrected chi connectivity index (χ4v) is 2.47. The average molecular weight is 281 g/mol. The van der Waals surface area contributed by atoms with Crippen molar-refractivity contribution < 1.29 is 5.11 Å². The molecular formula is C17H19N3O. The van der Waals surface area contributed by atoms with Gasteiger partial charge in [-0.15, -0.1) is 0 Å². The van der Waals surface area contributed by atoms with Gasteiger partial charge in [0.1, 0.15) is 5.65 Å². The zero-order valence-electron chi connectivity index (χ0n) is 12.0. The molecule has 0 saturated heterocycles. The standard InChI is InChI=1S/C17H19N3O/c1-13-7-8-20-15(11-19-17(20)9-13)10-18-16(12-21)14-5-3-2-4-6-14/h2-9,11,16,18,21H,10,12H2,1H3. The third-order valence-corrected chi connectivity index (χ3v) is 3.66. The van der Waals surface area contributed by atoms with E-state index in [2.05, 4.69) is 33.8 Å².